The number of benzene rings is 4. The second-order valence-electron chi connectivity index (χ2n) is 21.0. The Morgan fingerprint density at radius 2 is 1.00 bits per heavy atom. The van der Waals surface area contributed by atoms with Gasteiger partial charge >= 0.3 is 0 Å². The van der Waals surface area contributed by atoms with Crippen molar-refractivity contribution in [2.24, 2.45) is 11.8 Å². The van der Waals surface area contributed by atoms with Crippen molar-refractivity contribution in [3.05, 3.63) is 141 Å². The normalized spacial score (nSPS) is 29.6. The molecule has 54 heavy (non-hydrogen) atoms. The molecule has 8 rings (SSSR count). The van der Waals surface area contributed by atoms with E-state index in [4.69, 9.17) is 9.47 Å². The lowest BCUT2D eigenvalue weighted by Gasteiger charge is -2.48. The predicted octanol–water partition coefficient (Wildman–Crippen LogP) is 12.8. The van der Waals surface area contributed by atoms with E-state index in [1.165, 1.54) is 64.6 Å². The van der Waals surface area contributed by atoms with Crippen LogP contribution in [0, 0.1) is 11.8 Å². The molecule has 0 saturated heterocycles. The monoisotopic (exact) mass is 723 g/mol. The first-order chi connectivity index (χ1) is 25.4. The summed E-state index contributed by atoms with van der Waals surface area (Å²) >= 11 is 0. The number of fused-ring (bicyclic) bond motifs is 2. The van der Waals surface area contributed by atoms with Crippen LogP contribution in [0.25, 0.3) is 0 Å². The number of rotatable bonds is 11. The summed E-state index contributed by atoms with van der Waals surface area (Å²) < 4.78 is 12.7. The molecule has 2 saturated carbocycles. The highest BCUT2D eigenvalue weighted by molar-refractivity contribution is 5.51. The van der Waals surface area contributed by atoms with Crippen LogP contribution in [0.1, 0.15) is 157 Å². The first-order valence-corrected chi connectivity index (χ1v) is 21.0. The van der Waals surface area contributed by atoms with Gasteiger partial charge in [-0.15, -0.1) is 0 Å². The van der Waals surface area contributed by atoms with Crippen LogP contribution in [0.15, 0.2) is 91.0 Å². The largest absolute Gasteiger partial charge is 0.376 e. The fraction of sp³-hybridized carbons (Fsp3) is 0.538. The molecule has 4 aromatic rings. The molecule has 0 spiro atoms. The van der Waals surface area contributed by atoms with E-state index in [-0.39, 0.29) is 32.5 Å². The molecule has 4 aliphatic rings. The molecular weight excluding hydrogens is 657 g/mol. The highest BCUT2D eigenvalue weighted by Gasteiger charge is 2.53. The van der Waals surface area contributed by atoms with Gasteiger partial charge in [-0.3, -0.25) is 0 Å². The summed E-state index contributed by atoms with van der Waals surface area (Å²) in [6.45, 7) is 27.5. The standard InChI is InChI=1S/C52H66O2/c1-47(2)23-24-48(3,4)44-26-38(19-21-42(44)47)51(9)29-41(51)34-54-32-36-17-14-18-37(25-36)46-30-49(5,6)45-27-39(20-22-43(45)50(46,7)8)52(10)28-40(52)33-53-31-35-15-12-11-13-16-35/h11-22,25-27,40-41,46H,23-24,28-34H2,1-10H3/t40-,41?,46?,51?,52+/m0/s1. The van der Waals surface area contributed by atoms with Crippen molar-refractivity contribution in [1.29, 1.82) is 0 Å². The zero-order valence-corrected chi connectivity index (χ0v) is 35.1. The average Bonchev–Trinajstić information content (AvgIpc) is 4.02. The van der Waals surface area contributed by atoms with E-state index in [1.54, 1.807) is 11.1 Å². The summed E-state index contributed by atoms with van der Waals surface area (Å²) in [5.74, 6) is 1.59. The molecule has 4 aromatic carbocycles. The summed E-state index contributed by atoms with van der Waals surface area (Å²) in [4.78, 5) is 0. The molecule has 0 N–H and O–H groups in total. The van der Waals surface area contributed by atoms with E-state index in [9.17, 15) is 0 Å². The van der Waals surface area contributed by atoms with Crippen LogP contribution >= 0.6 is 0 Å². The predicted molar refractivity (Wildman–Crippen MR) is 225 cm³/mol. The van der Waals surface area contributed by atoms with Crippen LogP contribution < -0.4 is 0 Å². The quantitative estimate of drug-likeness (QED) is 0.153. The van der Waals surface area contributed by atoms with Gasteiger partial charge in [-0.05, 0) is 132 Å². The van der Waals surface area contributed by atoms with Crippen LogP contribution in [0.5, 0.6) is 0 Å². The lowest BCUT2D eigenvalue weighted by atomic mass is 9.56. The maximum absolute atomic E-state index is 6.54. The molecule has 0 amide bonds. The van der Waals surface area contributed by atoms with Crippen molar-refractivity contribution >= 4 is 0 Å². The van der Waals surface area contributed by atoms with Gasteiger partial charge in [0.15, 0.2) is 0 Å². The fourth-order valence-electron chi connectivity index (χ4n) is 10.8. The Hall–Kier alpha value is -3.20. The first-order valence-electron chi connectivity index (χ1n) is 21.0. The van der Waals surface area contributed by atoms with Crippen LogP contribution in [-0.2, 0) is 55.2 Å². The smallest absolute Gasteiger partial charge is 0.0717 e. The Morgan fingerprint density at radius 1 is 0.481 bits per heavy atom. The van der Waals surface area contributed by atoms with E-state index in [1.807, 2.05) is 0 Å². The minimum atomic E-state index is 0.0278. The summed E-state index contributed by atoms with van der Waals surface area (Å²) in [7, 11) is 0. The summed E-state index contributed by atoms with van der Waals surface area (Å²) in [6.07, 6.45) is 6.07. The molecule has 0 aliphatic heterocycles. The third kappa shape index (κ3) is 6.72. The average molecular weight is 723 g/mol. The molecule has 3 unspecified atom stereocenters. The van der Waals surface area contributed by atoms with Gasteiger partial charge in [0.05, 0.1) is 26.4 Å². The SMILES string of the molecule is CC1(C)CCC(C)(C)c2cc(C3(C)CC3COCc3cccc(C4CC(C)(C)c5cc([C@@]6(C)C[C@H]6COCc6ccccc6)ccc5C4(C)C)c3)ccc21. The van der Waals surface area contributed by atoms with Gasteiger partial charge in [0, 0.05) is 0 Å². The zero-order valence-electron chi connectivity index (χ0n) is 35.1. The molecule has 2 fully saturated rings. The van der Waals surface area contributed by atoms with Crippen LogP contribution in [-0.4, -0.2) is 13.2 Å². The van der Waals surface area contributed by atoms with Gasteiger partial charge in [-0.1, -0.05) is 160 Å². The second kappa shape index (κ2) is 13.2. The summed E-state index contributed by atoms with van der Waals surface area (Å²) in [6, 6.07) is 34.9. The Kier molecular flexibility index (Phi) is 9.22. The topological polar surface area (TPSA) is 18.5 Å². The molecule has 0 aromatic heterocycles. The highest BCUT2D eigenvalue weighted by atomic mass is 16.5. The van der Waals surface area contributed by atoms with E-state index >= 15 is 0 Å². The first kappa shape index (κ1) is 37.7. The van der Waals surface area contributed by atoms with E-state index in [0.717, 1.165) is 19.6 Å². The fourth-order valence-corrected chi connectivity index (χ4v) is 10.8. The molecule has 4 aliphatic carbocycles. The van der Waals surface area contributed by atoms with Gasteiger partial charge in [0.2, 0.25) is 0 Å². The third-order valence-corrected chi connectivity index (χ3v) is 15.4. The molecule has 0 heterocycles. The van der Waals surface area contributed by atoms with Gasteiger partial charge in [-0.25, -0.2) is 0 Å². The Morgan fingerprint density at radius 3 is 1.61 bits per heavy atom. The molecule has 5 atom stereocenters. The van der Waals surface area contributed by atoms with E-state index in [2.05, 4.69) is 160 Å². The molecule has 2 nitrogen and oxygen atoms in total. The van der Waals surface area contributed by atoms with Gasteiger partial charge in [-0.2, -0.15) is 0 Å². The van der Waals surface area contributed by atoms with Crippen molar-refractivity contribution in [2.75, 3.05) is 13.2 Å². The lowest BCUT2D eigenvalue weighted by Crippen LogP contribution is -2.40. The lowest BCUT2D eigenvalue weighted by molar-refractivity contribution is 0.106. The number of ether oxygens (including phenoxy) is 2. The van der Waals surface area contributed by atoms with E-state index in [0.29, 0.717) is 31.0 Å². The Bertz CT molecular complexity index is 2020. The maximum atomic E-state index is 6.54. The molecule has 0 radical (unpaired) electrons. The number of hydrogen-bond acceptors (Lipinski definition) is 2. The molecular formula is C52H66O2. The van der Waals surface area contributed by atoms with Crippen molar-refractivity contribution in [3.8, 4) is 0 Å². The summed E-state index contributed by atoms with van der Waals surface area (Å²) in [5.41, 5.74) is 14.2. The third-order valence-electron chi connectivity index (χ3n) is 15.4. The van der Waals surface area contributed by atoms with Crippen LogP contribution in [0.3, 0.4) is 0 Å². The minimum absolute atomic E-state index is 0.0278. The molecule has 0 bridgehead atoms. The van der Waals surface area contributed by atoms with E-state index < -0.39 is 0 Å². The highest BCUT2D eigenvalue weighted by Crippen LogP contribution is 2.59. The molecule has 2 heteroatoms. The van der Waals surface area contributed by atoms with Crippen LogP contribution in [0.4, 0.5) is 0 Å². The van der Waals surface area contributed by atoms with Crippen molar-refractivity contribution in [3.63, 3.8) is 0 Å². The van der Waals surface area contributed by atoms with Gasteiger partial charge < -0.3 is 9.47 Å². The Labute approximate surface area is 327 Å². The van der Waals surface area contributed by atoms with Gasteiger partial charge in [0.1, 0.15) is 0 Å². The summed E-state index contributed by atoms with van der Waals surface area (Å²) in [5, 5.41) is 0. The van der Waals surface area contributed by atoms with Crippen molar-refractivity contribution < 1.29 is 9.47 Å². The van der Waals surface area contributed by atoms with Crippen molar-refractivity contribution in [1.82, 2.24) is 0 Å². The number of hydrogen-bond donors (Lipinski definition) is 0. The molecule has 286 valence electrons. The second-order valence-corrected chi connectivity index (χ2v) is 21.0. The van der Waals surface area contributed by atoms with Crippen LogP contribution in [0.2, 0.25) is 0 Å². The maximum Gasteiger partial charge on any atom is 0.0717 e. The van der Waals surface area contributed by atoms with Gasteiger partial charge in [0.25, 0.3) is 0 Å². The Balaban J connectivity index is 0.917. The zero-order chi connectivity index (χ0) is 38.3. The van der Waals surface area contributed by atoms with Crippen molar-refractivity contribution in [2.45, 2.75) is 153 Å². The minimum Gasteiger partial charge on any atom is -0.376 e.